The molecular weight excluding hydrogens is 304 g/mol. The molecule has 0 bridgehead atoms. The van der Waals surface area contributed by atoms with Gasteiger partial charge in [-0.25, -0.2) is 0 Å². The molecule has 0 aromatic carbocycles. The zero-order chi connectivity index (χ0) is 16.9. The van der Waals surface area contributed by atoms with Gasteiger partial charge in [-0.3, -0.25) is 9.69 Å². The van der Waals surface area contributed by atoms with Gasteiger partial charge in [-0.15, -0.1) is 0 Å². The summed E-state index contributed by atoms with van der Waals surface area (Å²) in [5.74, 6) is 0.711. The number of piperidine rings is 1. The fraction of sp³-hybridized carbons (Fsp3) is 0.944. The minimum absolute atomic E-state index is 0.157. The molecule has 0 aromatic heterocycles. The van der Waals surface area contributed by atoms with Crippen LogP contribution in [0.25, 0.3) is 0 Å². The largest absolute Gasteiger partial charge is 0.381 e. The summed E-state index contributed by atoms with van der Waals surface area (Å²) in [7, 11) is 2.20. The van der Waals surface area contributed by atoms with E-state index in [0.717, 1.165) is 58.7 Å². The summed E-state index contributed by atoms with van der Waals surface area (Å²) in [5, 5.41) is 0. The second-order valence-electron chi connectivity index (χ2n) is 7.79. The summed E-state index contributed by atoms with van der Waals surface area (Å²) >= 11 is 0. The van der Waals surface area contributed by atoms with Crippen LogP contribution in [0.2, 0.25) is 0 Å². The molecule has 3 saturated heterocycles. The highest BCUT2D eigenvalue weighted by Crippen LogP contribution is 2.21. The van der Waals surface area contributed by atoms with Gasteiger partial charge in [0.2, 0.25) is 5.91 Å². The first-order valence-electron chi connectivity index (χ1n) is 9.68. The van der Waals surface area contributed by atoms with Crippen molar-refractivity contribution >= 4 is 5.91 Å². The standard InChI is InChI=1S/C18H34N4O2/c1-20-6-2-16(3-7-20)21-8-10-22(11-9-21)18(23)17(19)14-15-4-12-24-13-5-15/h15-17H,2-14,19H2,1H3/t17-/m0/s1. The number of ether oxygens (including phenoxy) is 1. The minimum Gasteiger partial charge on any atom is -0.381 e. The molecule has 1 atom stereocenters. The van der Waals surface area contributed by atoms with E-state index in [0.29, 0.717) is 12.0 Å². The average Bonchev–Trinajstić information content (AvgIpc) is 2.63. The quantitative estimate of drug-likeness (QED) is 0.802. The number of amides is 1. The summed E-state index contributed by atoms with van der Waals surface area (Å²) < 4.78 is 5.39. The van der Waals surface area contributed by atoms with Gasteiger partial charge in [-0.05, 0) is 58.2 Å². The number of piperazine rings is 1. The Morgan fingerprint density at radius 3 is 2.29 bits per heavy atom. The van der Waals surface area contributed by atoms with E-state index in [9.17, 15) is 4.79 Å². The van der Waals surface area contributed by atoms with Crippen LogP contribution >= 0.6 is 0 Å². The van der Waals surface area contributed by atoms with Gasteiger partial charge in [0, 0.05) is 45.4 Å². The molecule has 2 N–H and O–H groups in total. The molecule has 0 unspecified atom stereocenters. The lowest BCUT2D eigenvalue weighted by Gasteiger charge is -2.42. The highest BCUT2D eigenvalue weighted by atomic mass is 16.5. The summed E-state index contributed by atoms with van der Waals surface area (Å²) in [6.07, 6.45) is 5.43. The third-order valence-corrected chi connectivity index (χ3v) is 6.08. The van der Waals surface area contributed by atoms with Crippen molar-refractivity contribution in [3.63, 3.8) is 0 Å². The number of nitrogens with two attached hydrogens (primary N) is 1. The van der Waals surface area contributed by atoms with E-state index in [1.54, 1.807) is 0 Å². The monoisotopic (exact) mass is 338 g/mol. The Labute approximate surface area is 146 Å². The van der Waals surface area contributed by atoms with Crippen LogP contribution in [0.5, 0.6) is 0 Å². The maximum atomic E-state index is 12.6. The van der Waals surface area contributed by atoms with Crippen molar-refractivity contribution in [1.29, 1.82) is 0 Å². The Kier molecular flexibility index (Phi) is 6.49. The number of hydrogen-bond donors (Lipinski definition) is 1. The average molecular weight is 338 g/mol. The number of nitrogens with zero attached hydrogens (tertiary/aromatic N) is 3. The zero-order valence-corrected chi connectivity index (χ0v) is 15.2. The zero-order valence-electron chi connectivity index (χ0n) is 15.2. The summed E-state index contributed by atoms with van der Waals surface area (Å²) in [6.45, 7) is 7.72. The number of rotatable bonds is 4. The molecule has 0 spiro atoms. The van der Waals surface area contributed by atoms with E-state index in [2.05, 4.69) is 16.8 Å². The lowest BCUT2D eigenvalue weighted by Crippen LogP contribution is -2.56. The predicted molar refractivity (Wildman–Crippen MR) is 94.8 cm³/mol. The van der Waals surface area contributed by atoms with E-state index in [-0.39, 0.29) is 11.9 Å². The molecule has 0 aliphatic carbocycles. The van der Waals surface area contributed by atoms with Gasteiger partial charge in [0.15, 0.2) is 0 Å². The normalized spacial score (nSPS) is 27.3. The van der Waals surface area contributed by atoms with Gasteiger partial charge < -0.3 is 20.3 Å². The van der Waals surface area contributed by atoms with Gasteiger partial charge in [0.1, 0.15) is 0 Å². The predicted octanol–water partition coefficient (Wildman–Crippen LogP) is 0.369. The summed E-state index contributed by atoms with van der Waals surface area (Å²) in [5.41, 5.74) is 6.22. The van der Waals surface area contributed by atoms with Gasteiger partial charge in [-0.2, -0.15) is 0 Å². The molecule has 3 rings (SSSR count). The molecule has 3 heterocycles. The summed E-state index contributed by atoms with van der Waals surface area (Å²) in [4.78, 5) is 19.6. The van der Waals surface area contributed by atoms with Crippen LogP contribution in [0.15, 0.2) is 0 Å². The van der Waals surface area contributed by atoms with Crippen molar-refractivity contribution in [3.8, 4) is 0 Å². The molecule has 6 heteroatoms. The van der Waals surface area contributed by atoms with Gasteiger partial charge >= 0.3 is 0 Å². The molecule has 0 radical (unpaired) electrons. The molecule has 3 aliphatic rings. The molecule has 1 amide bonds. The third-order valence-electron chi connectivity index (χ3n) is 6.08. The number of carbonyl (C=O) groups is 1. The van der Waals surface area contributed by atoms with Crippen LogP contribution in [-0.4, -0.2) is 92.2 Å². The van der Waals surface area contributed by atoms with E-state index in [1.165, 1.54) is 25.9 Å². The molecule has 138 valence electrons. The first-order valence-corrected chi connectivity index (χ1v) is 9.68. The van der Waals surface area contributed by atoms with E-state index in [4.69, 9.17) is 10.5 Å². The summed E-state index contributed by atoms with van der Waals surface area (Å²) in [6, 6.07) is 0.373. The maximum Gasteiger partial charge on any atom is 0.239 e. The van der Waals surface area contributed by atoms with Crippen LogP contribution in [-0.2, 0) is 9.53 Å². The number of likely N-dealkylation sites (tertiary alicyclic amines) is 1. The lowest BCUT2D eigenvalue weighted by molar-refractivity contribution is -0.135. The molecule has 3 aliphatic heterocycles. The Morgan fingerprint density at radius 2 is 1.67 bits per heavy atom. The van der Waals surface area contributed by atoms with Crippen molar-refractivity contribution in [1.82, 2.24) is 14.7 Å². The molecule has 6 nitrogen and oxygen atoms in total. The second-order valence-corrected chi connectivity index (χ2v) is 7.79. The highest BCUT2D eigenvalue weighted by molar-refractivity contribution is 5.81. The van der Waals surface area contributed by atoms with E-state index >= 15 is 0 Å². The van der Waals surface area contributed by atoms with Crippen LogP contribution in [0.1, 0.15) is 32.1 Å². The fourth-order valence-corrected chi connectivity index (χ4v) is 4.34. The molecular formula is C18H34N4O2. The van der Waals surface area contributed by atoms with E-state index in [1.807, 2.05) is 4.90 Å². The molecule has 24 heavy (non-hydrogen) atoms. The molecule has 3 fully saturated rings. The lowest BCUT2D eigenvalue weighted by atomic mass is 9.92. The Balaban J connectivity index is 1.41. The van der Waals surface area contributed by atoms with Gasteiger partial charge in [0.25, 0.3) is 0 Å². The topological polar surface area (TPSA) is 62.0 Å². The van der Waals surface area contributed by atoms with Crippen LogP contribution in [0.4, 0.5) is 0 Å². The fourth-order valence-electron chi connectivity index (χ4n) is 4.34. The Bertz CT molecular complexity index is 398. The van der Waals surface area contributed by atoms with Crippen LogP contribution in [0, 0.1) is 5.92 Å². The molecule has 0 aromatic rings. The van der Waals surface area contributed by atoms with Gasteiger partial charge in [0.05, 0.1) is 6.04 Å². The Morgan fingerprint density at radius 1 is 1.04 bits per heavy atom. The van der Waals surface area contributed by atoms with Crippen LogP contribution < -0.4 is 5.73 Å². The molecule has 0 saturated carbocycles. The Hall–Kier alpha value is -0.690. The third kappa shape index (κ3) is 4.69. The van der Waals surface area contributed by atoms with Crippen molar-refractivity contribution < 1.29 is 9.53 Å². The maximum absolute atomic E-state index is 12.6. The van der Waals surface area contributed by atoms with Gasteiger partial charge in [-0.1, -0.05) is 0 Å². The second kappa shape index (κ2) is 8.61. The number of carbonyl (C=O) groups excluding carboxylic acids is 1. The highest BCUT2D eigenvalue weighted by Gasteiger charge is 2.30. The van der Waals surface area contributed by atoms with Crippen molar-refractivity contribution in [3.05, 3.63) is 0 Å². The van der Waals surface area contributed by atoms with E-state index < -0.39 is 0 Å². The SMILES string of the molecule is CN1CCC(N2CCN(C(=O)[C@@H](N)CC3CCOCC3)CC2)CC1. The van der Waals surface area contributed by atoms with Crippen molar-refractivity contribution in [2.75, 3.05) is 59.5 Å². The number of hydrogen-bond acceptors (Lipinski definition) is 5. The first-order chi connectivity index (χ1) is 11.6. The minimum atomic E-state index is -0.331. The smallest absolute Gasteiger partial charge is 0.239 e. The first kappa shape index (κ1) is 18.1. The van der Waals surface area contributed by atoms with Crippen molar-refractivity contribution in [2.24, 2.45) is 11.7 Å². The van der Waals surface area contributed by atoms with Crippen molar-refractivity contribution in [2.45, 2.75) is 44.2 Å². The van der Waals surface area contributed by atoms with Crippen LogP contribution in [0.3, 0.4) is 0 Å².